The fourth-order valence-electron chi connectivity index (χ4n) is 2.55. The van der Waals surface area contributed by atoms with Crippen molar-refractivity contribution >= 4 is 38.7 Å². The summed E-state index contributed by atoms with van der Waals surface area (Å²) in [5, 5.41) is 7.72. The van der Waals surface area contributed by atoms with E-state index in [4.69, 9.17) is 4.74 Å². The fraction of sp³-hybridized carbons (Fsp3) is 0.278. The molecule has 0 radical (unpaired) electrons. The predicted molar refractivity (Wildman–Crippen MR) is 101 cm³/mol. The second-order valence-electron chi connectivity index (χ2n) is 5.61. The van der Waals surface area contributed by atoms with Crippen LogP contribution >= 0.6 is 11.3 Å². The smallest absolute Gasteiger partial charge is 0.250 e. The van der Waals surface area contributed by atoms with Gasteiger partial charge in [0.25, 0.3) is 0 Å². The van der Waals surface area contributed by atoms with Crippen LogP contribution < -0.4 is 10.1 Å². The number of amides is 1. The van der Waals surface area contributed by atoms with Crippen molar-refractivity contribution in [3.05, 3.63) is 41.2 Å². The molecule has 0 bridgehead atoms. The van der Waals surface area contributed by atoms with E-state index in [1.54, 1.807) is 10.8 Å². The van der Waals surface area contributed by atoms with Crippen LogP contribution in [0, 0.1) is 13.8 Å². The summed E-state index contributed by atoms with van der Waals surface area (Å²) in [6.07, 6.45) is 3.29. The Morgan fingerprint density at radius 2 is 2.20 bits per heavy atom. The minimum absolute atomic E-state index is 0.216. The van der Waals surface area contributed by atoms with Crippen LogP contribution in [0.25, 0.3) is 16.3 Å². The van der Waals surface area contributed by atoms with Crippen molar-refractivity contribution in [1.82, 2.24) is 14.8 Å². The second-order valence-corrected chi connectivity index (χ2v) is 6.64. The largest absolute Gasteiger partial charge is 0.494 e. The van der Waals surface area contributed by atoms with Gasteiger partial charge >= 0.3 is 0 Å². The molecule has 1 aromatic carbocycles. The summed E-state index contributed by atoms with van der Waals surface area (Å²) < 4.78 is 8.27. The Morgan fingerprint density at radius 1 is 1.40 bits per heavy atom. The number of nitrogens with one attached hydrogen (secondary N) is 1. The minimum atomic E-state index is -0.216. The van der Waals surface area contributed by atoms with Crippen LogP contribution in [0.2, 0.25) is 0 Å². The third-order valence-corrected chi connectivity index (χ3v) is 4.80. The van der Waals surface area contributed by atoms with Crippen molar-refractivity contribution in [2.24, 2.45) is 7.05 Å². The number of thiazole rings is 1. The van der Waals surface area contributed by atoms with Crippen LogP contribution in [0.15, 0.2) is 24.3 Å². The molecule has 1 amide bonds. The molecular formula is C18H20N4O2S. The van der Waals surface area contributed by atoms with E-state index in [2.05, 4.69) is 15.4 Å². The lowest BCUT2D eigenvalue weighted by atomic mass is 10.2. The van der Waals surface area contributed by atoms with Gasteiger partial charge in [-0.05, 0) is 45.0 Å². The zero-order valence-electron chi connectivity index (χ0n) is 14.7. The summed E-state index contributed by atoms with van der Waals surface area (Å²) in [5.74, 6) is 0.589. The van der Waals surface area contributed by atoms with Gasteiger partial charge in [0.1, 0.15) is 5.75 Å². The van der Waals surface area contributed by atoms with Gasteiger partial charge < -0.3 is 4.74 Å². The van der Waals surface area contributed by atoms with Crippen LogP contribution in [0.4, 0.5) is 5.13 Å². The summed E-state index contributed by atoms with van der Waals surface area (Å²) in [5.41, 5.74) is 3.72. The van der Waals surface area contributed by atoms with Gasteiger partial charge in [-0.2, -0.15) is 5.10 Å². The number of carbonyl (C=O) groups is 1. The van der Waals surface area contributed by atoms with Crippen molar-refractivity contribution in [1.29, 1.82) is 0 Å². The molecule has 0 aliphatic heterocycles. The Labute approximate surface area is 150 Å². The third kappa shape index (κ3) is 3.71. The third-order valence-electron chi connectivity index (χ3n) is 3.87. The van der Waals surface area contributed by atoms with Crippen molar-refractivity contribution < 1.29 is 9.53 Å². The van der Waals surface area contributed by atoms with Gasteiger partial charge in [-0.15, -0.1) is 0 Å². The highest BCUT2D eigenvalue weighted by Crippen LogP contribution is 2.29. The van der Waals surface area contributed by atoms with Crippen LogP contribution in [-0.2, 0) is 11.8 Å². The molecule has 0 aliphatic rings. The quantitative estimate of drug-likeness (QED) is 0.708. The first-order chi connectivity index (χ1) is 12.0. The molecule has 0 spiro atoms. The van der Waals surface area contributed by atoms with Crippen LogP contribution in [0.1, 0.15) is 23.9 Å². The topological polar surface area (TPSA) is 69.0 Å². The molecule has 0 saturated carbocycles. The molecule has 130 valence electrons. The number of benzene rings is 1. The average Bonchev–Trinajstić information content (AvgIpc) is 3.06. The molecule has 2 aromatic heterocycles. The first kappa shape index (κ1) is 17.2. The number of aryl methyl sites for hydroxylation is 2. The van der Waals surface area contributed by atoms with Crippen molar-refractivity contribution in [3.8, 4) is 5.75 Å². The van der Waals surface area contributed by atoms with Gasteiger partial charge in [-0.25, -0.2) is 4.98 Å². The molecule has 6 nitrogen and oxygen atoms in total. The van der Waals surface area contributed by atoms with E-state index < -0.39 is 0 Å². The molecule has 2 heterocycles. The maximum atomic E-state index is 12.2. The van der Waals surface area contributed by atoms with Gasteiger partial charge in [0.05, 0.1) is 22.5 Å². The van der Waals surface area contributed by atoms with E-state index in [9.17, 15) is 4.79 Å². The molecule has 0 saturated heterocycles. The summed E-state index contributed by atoms with van der Waals surface area (Å²) in [6.45, 7) is 6.46. The Hall–Kier alpha value is -2.67. The van der Waals surface area contributed by atoms with E-state index >= 15 is 0 Å². The number of carbonyl (C=O) groups excluding carboxylic acids is 1. The van der Waals surface area contributed by atoms with E-state index in [-0.39, 0.29) is 5.91 Å². The maximum absolute atomic E-state index is 12.2. The van der Waals surface area contributed by atoms with Gasteiger partial charge in [0, 0.05) is 24.4 Å². The van der Waals surface area contributed by atoms with Crippen molar-refractivity contribution in [3.63, 3.8) is 0 Å². The molecule has 7 heteroatoms. The van der Waals surface area contributed by atoms with Gasteiger partial charge in [0.15, 0.2) is 5.13 Å². The number of fused-ring (bicyclic) bond motifs is 1. The van der Waals surface area contributed by atoms with E-state index in [1.807, 2.05) is 46.0 Å². The number of hydrogen-bond donors (Lipinski definition) is 1. The summed E-state index contributed by atoms with van der Waals surface area (Å²) >= 11 is 1.42. The lowest BCUT2D eigenvalue weighted by Gasteiger charge is -2.00. The molecule has 3 aromatic rings. The fourth-order valence-corrected chi connectivity index (χ4v) is 3.45. The zero-order valence-corrected chi connectivity index (χ0v) is 15.5. The van der Waals surface area contributed by atoms with Crippen LogP contribution in [0.5, 0.6) is 5.75 Å². The first-order valence-corrected chi connectivity index (χ1v) is 8.82. The van der Waals surface area contributed by atoms with E-state index in [0.29, 0.717) is 11.7 Å². The number of ether oxygens (including phenoxy) is 1. The van der Waals surface area contributed by atoms with Crippen molar-refractivity contribution in [2.45, 2.75) is 20.8 Å². The second kappa shape index (κ2) is 7.06. The summed E-state index contributed by atoms with van der Waals surface area (Å²) in [7, 11) is 1.89. The Balaban J connectivity index is 1.74. The number of aromatic nitrogens is 3. The van der Waals surface area contributed by atoms with Crippen molar-refractivity contribution in [2.75, 3.05) is 11.9 Å². The van der Waals surface area contributed by atoms with Crippen LogP contribution in [-0.4, -0.2) is 27.3 Å². The lowest BCUT2D eigenvalue weighted by Crippen LogP contribution is -2.07. The number of rotatable bonds is 5. The highest BCUT2D eigenvalue weighted by molar-refractivity contribution is 7.22. The predicted octanol–water partition coefficient (Wildman–Crippen LogP) is 3.70. The molecule has 0 unspecified atom stereocenters. The molecule has 25 heavy (non-hydrogen) atoms. The standard InChI is InChI=1S/C18H20N4O2S/c1-5-24-13-6-8-15-16(10-13)25-18(19-15)20-17(23)9-7-14-11(2)21-22(4)12(14)3/h6-10H,5H2,1-4H3,(H,19,20,23)/b9-7+. The monoisotopic (exact) mass is 356 g/mol. The van der Waals surface area contributed by atoms with E-state index in [0.717, 1.165) is 32.9 Å². The molecule has 0 aliphatic carbocycles. The molecule has 3 rings (SSSR count). The Morgan fingerprint density at radius 3 is 2.88 bits per heavy atom. The molecule has 0 fully saturated rings. The highest BCUT2D eigenvalue weighted by atomic mass is 32.1. The number of anilines is 1. The first-order valence-electron chi connectivity index (χ1n) is 8.00. The summed E-state index contributed by atoms with van der Waals surface area (Å²) in [6, 6.07) is 5.71. The minimum Gasteiger partial charge on any atom is -0.494 e. The molecular weight excluding hydrogens is 336 g/mol. The number of hydrogen-bond acceptors (Lipinski definition) is 5. The molecule has 0 atom stereocenters. The SMILES string of the molecule is CCOc1ccc2nc(NC(=O)/C=C/c3c(C)nn(C)c3C)sc2c1. The highest BCUT2D eigenvalue weighted by Gasteiger charge is 2.09. The normalized spacial score (nSPS) is 11.4. The summed E-state index contributed by atoms with van der Waals surface area (Å²) in [4.78, 5) is 16.6. The molecule has 1 N–H and O–H groups in total. The Kier molecular flexibility index (Phi) is 4.85. The maximum Gasteiger partial charge on any atom is 0.250 e. The zero-order chi connectivity index (χ0) is 18.0. The lowest BCUT2D eigenvalue weighted by molar-refractivity contribution is -0.111. The van der Waals surface area contributed by atoms with Gasteiger partial charge in [-0.1, -0.05) is 11.3 Å². The van der Waals surface area contributed by atoms with Crippen LogP contribution in [0.3, 0.4) is 0 Å². The van der Waals surface area contributed by atoms with Gasteiger partial charge in [-0.3, -0.25) is 14.8 Å². The Bertz CT molecular complexity index is 956. The van der Waals surface area contributed by atoms with E-state index in [1.165, 1.54) is 17.4 Å². The number of nitrogens with zero attached hydrogens (tertiary/aromatic N) is 3. The average molecular weight is 356 g/mol. The van der Waals surface area contributed by atoms with Gasteiger partial charge in [0.2, 0.25) is 5.91 Å².